The zero-order chi connectivity index (χ0) is 26.2. The summed E-state index contributed by atoms with van der Waals surface area (Å²) in [6.45, 7) is 9.16. The van der Waals surface area contributed by atoms with Crippen molar-refractivity contribution in [1.29, 1.82) is 0 Å². The number of nitrogens with zero attached hydrogens (tertiary/aromatic N) is 6. The van der Waals surface area contributed by atoms with Gasteiger partial charge in [0.1, 0.15) is 0 Å². The molecule has 0 aromatic carbocycles. The maximum Gasteiger partial charge on any atom is 0.226 e. The number of likely N-dealkylation sites (N-methyl/N-ethyl adjacent to an activating group) is 1. The van der Waals surface area contributed by atoms with Crippen LogP contribution in [0.1, 0.15) is 35.3 Å². The maximum absolute atomic E-state index is 12.1. The second-order valence-corrected chi connectivity index (χ2v) is 13.6. The molecule has 0 aliphatic carbocycles. The van der Waals surface area contributed by atoms with Crippen LogP contribution in [-0.4, -0.2) is 92.9 Å². The Labute approximate surface area is 223 Å². The van der Waals surface area contributed by atoms with E-state index in [1.54, 1.807) is 17.5 Å². The minimum absolute atomic E-state index is 0.137. The first kappa shape index (κ1) is 26.3. The Morgan fingerprint density at radius 2 is 1.78 bits per heavy atom. The number of hydrogen-bond acceptors (Lipinski definition) is 10. The van der Waals surface area contributed by atoms with E-state index in [2.05, 4.69) is 33.7 Å². The van der Waals surface area contributed by atoms with Gasteiger partial charge < -0.3 is 14.5 Å². The highest BCUT2D eigenvalue weighted by Crippen LogP contribution is 2.39. The Morgan fingerprint density at radius 3 is 2.46 bits per heavy atom. The lowest BCUT2D eigenvalue weighted by Crippen LogP contribution is -2.43. The van der Waals surface area contributed by atoms with E-state index in [4.69, 9.17) is 14.7 Å². The number of piperidine rings is 1. The number of hydrogen-bond donors (Lipinski definition) is 0. The third kappa shape index (κ3) is 5.89. The number of anilines is 1. The molecule has 2 saturated heterocycles. The van der Waals surface area contributed by atoms with Crippen molar-refractivity contribution in [2.45, 2.75) is 38.5 Å². The van der Waals surface area contributed by atoms with Gasteiger partial charge in [0.2, 0.25) is 11.8 Å². The van der Waals surface area contributed by atoms with E-state index >= 15 is 0 Å². The molecule has 0 unspecified atom stereocenters. The zero-order valence-corrected chi connectivity index (χ0v) is 23.8. The lowest BCUT2D eigenvalue weighted by Gasteiger charge is -2.32. The number of thiophene rings is 1. The molecule has 5 heterocycles. The number of piperazine rings is 1. The van der Waals surface area contributed by atoms with Gasteiger partial charge in [-0.25, -0.2) is 23.4 Å². The van der Waals surface area contributed by atoms with Crippen molar-refractivity contribution in [3.63, 3.8) is 0 Å². The predicted octanol–water partition coefficient (Wildman–Crippen LogP) is 3.35. The Balaban J connectivity index is 1.63. The average Bonchev–Trinajstić information content (AvgIpc) is 3.19. The number of sulfone groups is 1. The number of fused-ring (bicyclic) bond motifs is 1. The first-order valence-electron chi connectivity index (χ1n) is 12.9. The van der Waals surface area contributed by atoms with Crippen molar-refractivity contribution < 1.29 is 13.2 Å². The molecule has 11 heteroatoms. The number of aromatic nitrogens is 3. The van der Waals surface area contributed by atoms with Gasteiger partial charge in [-0.1, -0.05) is 0 Å². The van der Waals surface area contributed by atoms with E-state index in [0.29, 0.717) is 11.4 Å². The molecule has 0 atom stereocenters. The molecule has 0 radical (unpaired) electrons. The molecule has 2 aliphatic rings. The third-order valence-electron chi connectivity index (χ3n) is 7.25. The van der Waals surface area contributed by atoms with E-state index < -0.39 is 9.84 Å². The minimum Gasteiger partial charge on any atom is -0.481 e. The maximum atomic E-state index is 12.1. The van der Waals surface area contributed by atoms with Crippen LogP contribution in [0.15, 0.2) is 12.3 Å². The van der Waals surface area contributed by atoms with Crippen LogP contribution >= 0.6 is 11.3 Å². The van der Waals surface area contributed by atoms with Crippen molar-refractivity contribution in [1.82, 2.24) is 24.8 Å². The molecule has 9 nitrogen and oxygen atoms in total. The fraction of sp³-hybridized carbons (Fsp3) is 0.577. The average molecular weight is 545 g/mol. The Hall–Kier alpha value is -2.34. The quantitative estimate of drug-likeness (QED) is 0.444. The number of aryl methyl sites for hydroxylation is 1. The van der Waals surface area contributed by atoms with Gasteiger partial charge in [0.25, 0.3) is 0 Å². The number of ether oxygens (including phenoxy) is 1. The minimum atomic E-state index is -3.27. The number of pyridine rings is 1. The van der Waals surface area contributed by atoms with E-state index in [-0.39, 0.29) is 5.75 Å². The number of methoxy groups -OCH3 is 1. The molecule has 5 rings (SSSR count). The van der Waals surface area contributed by atoms with Crippen molar-refractivity contribution in [2.24, 2.45) is 0 Å². The van der Waals surface area contributed by atoms with Gasteiger partial charge in [-0.05, 0) is 39.3 Å². The van der Waals surface area contributed by atoms with E-state index in [9.17, 15) is 8.42 Å². The molecule has 3 aromatic heterocycles. The van der Waals surface area contributed by atoms with Crippen LogP contribution in [-0.2, 0) is 22.1 Å². The third-order valence-corrected chi connectivity index (χ3v) is 9.22. The van der Waals surface area contributed by atoms with Gasteiger partial charge in [-0.2, -0.15) is 0 Å². The van der Waals surface area contributed by atoms with E-state index in [0.717, 1.165) is 86.1 Å². The second kappa shape index (κ2) is 10.8. The highest BCUT2D eigenvalue weighted by atomic mass is 32.2. The van der Waals surface area contributed by atoms with Gasteiger partial charge in [-0.15, -0.1) is 11.3 Å². The van der Waals surface area contributed by atoms with E-state index in [1.165, 1.54) is 30.2 Å². The normalized spacial score (nSPS) is 18.0. The summed E-state index contributed by atoms with van der Waals surface area (Å²) in [4.78, 5) is 23.1. The molecule has 0 N–H and O–H groups in total. The van der Waals surface area contributed by atoms with Crippen molar-refractivity contribution in [2.75, 3.05) is 64.6 Å². The van der Waals surface area contributed by atoms with Gasteiger partial charge >= 0.3 is 0 Å². The molecule has 2 fully saturated rings. The Morgan fingerprint density at radius 1 is 1.05 bits per heavy atom. The molecule has 3 aromatic rings. The molecule has 0 bridgehead atoms. The SMILES string of the molecule is COc1ncc(-c2nc(N3CCCCC3)nc3c(CN4CCN(C)CC4)c(C)sc23)cc1CS(C)(=O)=O. The smallest absolute Gasteiger partial charge is 0.226 e. The lowest BCUT2D eigenvalue weighted by atomic mass is 10.1. The van der Waals surface area contributed by atoms with Crippen LogP contribution in [0.4, 0.5) is 5.95 Å². The fourth-order valence-corrected chi connectivity index (χ4v) is 7.05. The monoisotopic (exact) mass is 544 g/mol. The molecule has 0 saturated carbocycles. The first-order valence-corrected chi connectivity index (χ1v) is 15.8. The van der Waals surface area contributed by atoms with Crippen molar-refractivity contribution >= 4 is 37.3 Å². The lowest BCUT2D eigenvalue weighted by molar-refractivity contribution is 0.148. The summed E-state index contributed by atoms with van der Waals surface area (Å²) < 4.78 is 30.7. The molecular weight excluding hydrogens is 508 g/mol. The molecule has 2 aliphatic heterocycles. The summed E-state index contributed by atoms with van der Waals surface area (Å²) in [5.41, 5.74) is 4.42. The Bertz CT molecular complexity index is 1380. The molecule has 200 valence electrons. The number of rotatable bonds is 7. The molecule has 0 amide bonds. The summed E-state index contributed by atoms with van der Waals surface area (Å²) in [6.07, 6.45) is 6.46. The van der Waals surface area contributed by atoms with Crippen LogP contribution in [0.2, 0.25) is 0 Å². The van der Waals surface area contributed by atoms with Gasteiger partial charge in [0.05, 0.1) is 28.8 Å². The van der Waals surface area contributed by atoms with Crippen LogP contribution in [0, 0.1) is 6.92 Å². The predicted molar refractivity (Wildman–Crippen MR) is 149 cm³/mol. The van der Waals surface area contributed by atoms with Crippen LogP contribution in [0.25, 0.3) is 21.5 Å². The summed E-state index contributed by atoms with van der Waals surface area (Å²) in [5, 5.41) is 0. The van der Waals surface area contributed by atoms with Gasteiger partial charge in [0, 0.05) is 79.8 Å². The van der Waals surface area contributed by atoms with Crippen LogP contribution < -0.4 is 9.64 Å². The van der Waals surface area contributed by atoms with Crippen molar-refractivity contribution in [3.8, 4) is 17.1 Å². The summed E-state index contributed by atoms with van der Waals surface area (Å²) in [6, 6.07) is 1.86. The highest BCUT2D eigenvalue weighted by molar-refractivity contribution is 7.89. The molecule has 0 spiro atoms. The second-order valence-electron chi connectivity index (χ2n) is 10.3. The van der Waals surface area contributed by atoms with Gasteiger partial charge in [-0.3, -0.25) is 4.90 Å². The topological polar surface area (TPSA) is 91.8 Å². The summed E-state index contributed by atoms with van der Waals surface area (Å²) in [7, 11) is 0.420. The van der Waals surface area contributed by atoms with E-state index in [1.807, 2.05) is 6.07 Å². The van der Waals surface area contributed by atoms with Gasteiger partial charge in [0.15, 0.2) is 9.84 Å². The summed E-state index contributed by atoms with van der Waals surface area (Å²) in [5.74, 6) is 0.941. The standard InChI is InChI=1S/C26H36N6O3S2/c1-18-21(16-31-12-10-30(2)11-13-31)23-24(36-18)22(28-26(29-23)32-8-6-5-7-9-32)19-14-20(17-37(4,33)34)25(35-3)27-15-19/h14-15H,5-13,16-17H2,1-4H3. The Kier molecular flexibility index (Phi) is 7.67. The van der Waals surface area contributed by atoms with Crippen molar-refractivity contribution in [3.05, 3.63) is 28.3 Å². The fourth-order valence-electron chi connectivity index (χ4n) is 5.17. The summed E-state index contributed by atoms with van der Waals surface area (Å²) >= 11 is 1.72. The van der Waals surface area contributed by atoms with Crippen LogP contribution in [0.3, 0.4) is 0 Å². The largest absolute Gasteiger partial charge is 0.481 e. The first-order chi connectivity index (χ1) is 17.7. The zero-order valence-electron chi connectivity index (χ0n) is 22.2. The highest BCUT2D eigenvalue weighted by Gasteiger charge is 2.24. The van der Waals surface area contributed by atoms with Crippen LogP contribution in [0.5, 0.6) is 5.88 Å². The molecule has 37 heavy (non-hydrogen) atoms. The molecular formula is C26H36N6O3S2.